The topological polar surface area (TPSA) is 77.3 Å². The fraction of sp³-hybridized carbons (Fsp3) is 0.333. The highest BCUT2D eigenvalue weighted by Crippen LogP contribution is 2.28. The van der Waals surface area contributed by atoms with Crippen molar-refractivity contribution in [3.05, 3.63) is 45.8 Å². The van der Waals surface area contributed by atoms with Crippen LogP contribution in [0.5, 0.6) is 0 Å². The number of aromatic nitrogens is 3. The van der Waals surface area contributed by atoms with Gasteiger partial charge in [0.05, 0.1) is 41.8 Å². The van der Waals surface area contributed by atoms with Crippen molar-refractivity contribution in [1.82, 2.24) is 19.4 Å². The number of fused-ring (bicyclic) bond motifs is 1. The summed E-state index contributed by atoms with van der Waals surface area (Å²) in [6, 6.07) is 7.13. The van der Waals surface area contributed by atoms with E-state index in [9.17, 15) is 9.59 Å². The largest absolute Gasteiger partial charge is 0.377 e. The van der Waals surface area contributed by atoms with Crippen molar-refractivity contribution in [2.24, 2.45) is 7.05 Å². The molecule has 0 N–H and O–H groups in total. The molecule has 1 saturated heterocycles. The van der Waals surface area contributed by atoms with Gasteiger partial charge in [0.25, 0.3) is 11.5 Å². The molecule has 134 valence electrons. The Bertz CT molecular complexity index is 1040. The third-order valence-electron chi connectivity index (χ3n) is 4.46. The summed E-state index contributed by atoms with van der Waals surface area (Å²) in [5.74, 6) is 0.0112. The number of morpholine rings is 1. The molecule has 3 aromatic rings. The fourth-order valence-electron chi connectivity index (χ4n) is 2.94. The van der Waals surface area contributed by atoms with Crippen molar-refractivity contribution >= 4 is 27.5 Å². The number of rotatable bonds is 2. The van der Waals surface area contributed by atoms with E-state index in [-0.39, 0.29) is 17.5 Å². The zero-order valence-electron chi connectivity index (χ0n) is 14.5. The smallest absolute Gasteiger partial charge is 0.264 e. The normalized spacial score (nSPS) is 17.6. The number of thiophene rings is 1. The van der Waals surface area contributed by atoms with Gasteiger partial charge in [0.1, 0.15) is 4.83 Å². The predicted octanol–water partition coefficient (Wildman–Crippen LogP) is 1.92. The molecule has 1 amide bonds. The molecule has 1 aliphatic heterocycles. The van der Waals surface area contributed by atoms with Crippen LogP contribution in [0.2, 0.25) is 0 Å². The van der Waals surface area contributed by atoms with Gasteiger partial charge in [0.2, 0.25) is 0 Å². The van der Waals surface area contributed by atoms with Gasteiger partial charge in [0.15, 0.2) is 0 Å². The summed E-state index contributed by atoms with van der Waals surface area (Å²) in [5.41, 5.74) is 1.01. The van der Waals surface area contributed by atoms with E-state index < -0.39 is 0 Å². The van der Waals surface area contributed by atoms with Crippen LogP contribution in [0.15, 0.2) is 35.4 Å². The van der Waals surface area contributed by atoms with Gasteiger partial charge in [-0.05, 0) is 25.1 Å². The molecule has 26 heavy (non-hydrogen) atoms. The van der Waals surface area contributed by atoms with Crippen LogP contribution in [0.1, 0.15) is 16.6 Å². The monoisotopic (exact) mass is 370 g/mol. The van der Waals surface area contributed by atoms with Crippen LogP contribution in [-0.4, -0.2) is 51.1 Å². The van der Waals surface area contributed by atoms with Crippen LogP contribution >= 0.6 is 11.3 Å². The highest BCUT2D eigenvalue weighted by molar-refractivity contribution is 7.20. The molecular weight excluding hydrogens is 352 g/mol. The highest BCUT2D eigenvalue weighted by Gasteiger charge is 2.26. The maximum absolute atomic E-state index is 12.8. The third-order valence-corrected chi connectivity index (χ3v) is 5.50. The molecule has 0 saturated carbocycles. The lowest BCUT2D eigenvalue weighted by atomic mass is 10.2. The number of amides is 1. The fourth-order valence-corrected chi connectivity index (χ4v) is 3.93. The summed E-state index contributed by atoms with van der Waals surface area (Å²) in [5, 5.41) is 0.909. The van der Waals surface area contributed by atoms with Crippen LogP contribution in [0.3, 0.4) is 0 Å². The second-order valence-electron chi connectivity index (χ2n) is 6.35. The van der Waals surface area contributed by atoms with Crippen LogP contribution < -0.4 is 5.56 Å². The summed E-state index contributed by atoms with van der Waals surface area (Å²) < 4.78 is 6.81. The Kier molecular flexibility index (Phi) is 4.29. The van der Waals surface area contributed by atoms with Crippen molar-refractivity contribution in [2.45, 2.75) is 13.0 Å². The van der Waals surface area contributed by atoms with Gasteiger partial charge < -0.3 is 14.2 Å². The SMILES string of the molecule is CC1COCCN1C(=O)c1cc2ccc(-c3cc(=O)n(C)cn3)nc2s1. The van der Waals surface area contributed by atoms with Gasteiger partial charge in [-0.2, -0.15) is 0 Å². The quantitative estimate of drug-likeness (QED) is 0.689. The van der Waals surface area contributed by atoms with E-state index >= 15 is 0 Å². The predicted molar refractivity (Wildman–Crippen MR) is 99.4 cm³/mol. The lowest BCUT2D eigenvalue weighted by molar-refractivity contribution is 0.00387. The highest BCUT2D eigenvalue weighted by atomic mass is 32.1. The number of ether oxygens (including phenoxy) is 1. The van der Waals surface area contributed by atoms with Gasteiger partial charge in [0, 0.05) is 25.0 Å². The lowest BCUT2D eigenvalue weighted by Gasteiger charge is -2.32. The molecule has 4 rings (SSSR count). The molecule has 0 aromatic carbocycles. The molecular formula is C18H18N4O3S. The molecule has 0 spiro atoms. The number of carbonyl (C=O) groups is 1. The second-order valence-corrected chi connectivity index (χ2v) is 7.38. The third kappa shape index (κ3) is 3.02. The van der Waals surface area contributed by atoms with E-state index in [1.165, 1.54) is 28.3 Å². The Labute approximate surface area is 153 Å². The van der Waals surface area contributed by atoms with Gasteiger partial charge in [-0.15, -0.1) is 11.3 Å². The first kappa shape index (κ1) is 16.9. The van der Waals surface area contributed by atoms with Crippen molar-refractivity contribution < 1.29 is 9.53 Å². The Morgan fingerprint density at radius 2 is 2.15 bits per heavy atom. The zero-order valence-corrected chi connectivity index (χ0v) is 15.3. The molecule has 7 nitrogen and oxygen atoms in total. The maximum atomic E-state index is 12.8. The number of nitrogens with zero attached hydrogens (tertiary/aromatic N) is 4. The molecule has 1 atom stereocenters. The molecule has 1 fully saturated rings. The van der Waals surface area contributed by atoms with Crippen molar-refractivity contribution in [3.63, 3.8) is 0 Å². The standard InChI is InChI=1S/C18H18N4O3S/c1-11-9-25-6-5-22(11)18(24)15-7-12-3-4-13(20-17(12)26-15)14-8-16(23)21(2)10-19-14/h3-4,7-8,10-11H,5-6,9H2,1-2H3. The molecule has 0 radical (unpaired) electrons. The number of pyridine rings is 1. The average molecular weight is 370 g/mol. The van der Waals surface area contributed by atoms with Gasteiger partial charge in [-0.1, -0.05) is 0 Å². The zero-order chi connectivity index (χ0) is 18.3. The first-order valence-electron chi connectivity index (χ1n) is 8.35. The summed E-state index contributed by atoms with van der Waals surface area (Å²) >= 11 is 1.36. The van der Waals surface area contributed by atoms with E-state index in [4.69, 9.17) is 4.74 Å². The molecule has 0 bridgehead atoms. The molecule has 1 aliphatic rings. The average Bonchev–Trinajstić information content (AvgIpc) is 3.07. The van der Waals surface area contributed by atoms with E-state index in [0.29, 0.717) is 36.0 Å². The summed E-state index contributed by atoms with van der Waals surface area (Å²) in [4.78, 5) is 36.7. The van der Waals surface area contributed by atoms with Crippen LogP contribution in [0.4, 0.5) is 0 Å². The molecule has 0 aliphatic carbocycles. The van der Waals surface area contributed by atoms with E-state index in [1.54, 1.807) is 7.05 Å². The molecule has 3 aromatic heterocycles. The summed E-state index contributed by atoms with van der Waals surface area (Å²) in [6.07, 6.45) is 1.48. The molecule has 8 heteroatoms. The number of aryl methyl sites for hydroxylation is 1. The minimum atomic E-state index is -0.139. The Balaban J connectivity index is 1.68. The lowest BCUT2D eigenvalue weighted by Crippen LogP contribution is -2.46. The molecule has 1 unspecified atom stereocenters. The first-order chi connectivity index (χ1) is 12.5. The maximum Gasteiger partial charge on any atom is 0.264 e. The Morgan fingerprint density at radius 3 is 2.92 bits per heavy atom. The number of carbonyl (C=O) groups excluding carboxylic acids is 1. The number of hydrogen-bond donors (Lipinski definition) is 0. The van der Waals surface area contributed by atoms with E-state index in [0.717, 1.165) is 10.2 Å². The number of hydrogen-bond acceptors (Lipinski definition) is 6. The van der Waals surface area contributed by atoms with E-state index in [1.807, 2.05) is 30.0 Å². The van der Waals surface area contributed by atoms with Crippen LogP contribution in [0, 0.1) is 0 Å². The van der Waals surface area contributed by atoms with Crippen molar-refractivity contribution in [2.75, 3.05) is 19.8 Å². The van der Waals surface area contributed by atoms with Gasteiger partial charge >= 0.3 is 0 Å². The first-order valence-corrected chi connectivity index (χ1v) is 9.17. The summed E-state index contributed by atoms with van der Waals surface area (Å²) in [7, 11) is 1.65. The van der Waals surface area contributed by atoms with Gasteiger partial charge in [-0.3, -0.25) is 9.59 Å². The van der Waals surface area contributed by atoms with E-state index in [2.05, 4.69) is 9.97 Å². The van der Waals surface area contributed by atoms with Crippen molar-refractivity contribution in [3.8, 4) is 11.4 Å². The summed E-state index contributed by atoms with van der Waals surface area (Å²) in [6.45, 7) is 3.72. The molecule has 4 heterocycles. The van der Waals surface area contributed by atoms with Crippen LogP contribution in [0.25, 0.3) is 21.6 Å². The van der Waals surface area contributed by atoms with Crippen molar-refractivity contribution in [1.29, 1.82) is 0 Å². The van der Waals surface area contributed by atoms with Crippen LogP contribution in [-0.2, 0) is 11.8 Å². The minimum absolute atomic E-state index is 0.0112. The Hall–Kier alpha value is -2.58. The second kappa shape index (κ2) is 6.62. The Morgan fingerprint density at radius 1 is 1.31 bits per heavy atom. The minimum Gasteiger partial charge on any atom is -0.377 e. The van der Waals surface area contributed by atoms with Gasteiger partial charge in [-0.25, -0.2) is 9.97 Å².